The number of anilines is 2. The molecule has 0 radical (unpaired) electrons. The molecule has 1 aliphatic rings. The molecule has 4 rings (SSSR count). The van der Waals surface area contributed by atoms with Crippen LogP contribution in [0, 0.1) is 0 Å². The van der Waals surface area contributed by atoms with Crippen LogP contribution >= 0.6 is 0 Å². The van der Waals surface area contributed by atoms with Gasteiger partial charge in [0, 0.05) is 29.8 Å². The Labute approximate surface area is 175 Å². The van der Waals surface area contributed by atoms with E-state index in [1.165, 1.54) is 0 Å². The van der Waals surface area contributed by atoms with E-state index in [0.717, 1.165) is 16.9 Å². The van der Waals surface area contributed by atoms with Crippen molar-refractivity contribution in [1.82, 2.24) is 9.78 Å². The molecule has 1 aliphatic heterocycles. The van der Waals surface area contributed by atoms with Crippen LogP contribution in [0.5, 0.6) is 11.5 Å². The van der Waals surface area contributed by atoms with Crippen LogP contribution in [-0.2, 0) is 12.0 Å². The van der Waals surface area contributed by atoms with E-state index in [2.05, 4.69) is 31.4 Å². The Balaban J connectivity index is 1.60. The number of nitrogens with zero attached hydrogens (tertiary/aromatic N) is 2. The fourth-order valence-corrected chi connectivity index (χ4v) is 3.10. The number of hydrogen-bond donors (Lipinski definition) is 3. The van der Waals surface area contributed by atoms with E-state index in [-0.39, 0.29) is 18.2 Å². The molecule has 4 N–H and O–H groups in total. The summed E-state index contributed by atoms with van der Waals surface area (Å²) >= 11 is 0. The van der Waals surface area contributed by atoms with Crippen molar-refractivity contribution in [3.8, 4) is 17.2 Å². The highest BCUT2D eigenvalue weighted by atomic mass is 16.7. The second-order valence-electron chi connectivity index (χ2n) is 8.10. The van der Waals surface area contributed by atoms with Crippen molar-refractivity contribution in [2.75, 3.05) is 17.4 Å². The molecule has 0 unspecified atom stereocenters. The Kier molecular flexibility index (Phi) is 5.09. The smallest absolute Gasteiger partial charge is 0.324 e. The zero-order valence-corrected chi connectivity index (χ0v) is 17.2. The summed E-state index contributed by atoms with van der Waals surface area (Å²) in [5.41, 5.74) is 8.88. The predicted octanol–water partition coefficient (Wildman–Crippen LogP) is 4.00. The summed E-state index contributed by atoms with van der Waals surface area (Å²) in [6.07, 6.45) is 0. The minimum absolute atomic E-state index is 0.180. The molecule has 30 heavy (non-hydrogen) atoms. The highest BCUT2D eigenvalue weighted by molar-refractivity contribution is 5.99. The third kappa shape index (κ3) is 4.08. The molecule has 2 aromatic carbocycles. The Morgan fingerprint density at radius 1 is 1.10 bits per heavy atom. The van der Waals surface area contributed by atoms with Crippen LogP contribution < -0.4 is 25.8 Å². The first-order chi connectivity index (χ1) is 14.3. The molecule has 156 valence electrons. The summed E-state index contributed by atoms with van der Waals surface area (Å²) in [6, 6.07) is 14.5. The maximum atomic E-state index is 12.7. The van der Waals surface area contributed by atoms with Crippen LogP contribution in [-0.4, -0.2) is 22.6 Å². The minimum atomic E-state index is -0.384. The number of nitrogens with two attached hydrogens (primary N) is 1. The lowest BCUT2D eigenvalue weighted by molar-refractivity contribution is 0.174. The zero-order chi connectivity index (χ0) is 21.3. The second kappa shape index (κ2) is 7.72. The third-order valence-electron chi connectivity index (χ3n) is 4.74. The molecule has 3 aromatic rings. The van der Waals surface area contributed by atoms with Crippen molar-refractivity contribution < 1.29 is 14.3 Å². The Bertz CT molecular complexity index is 1080. The molecule has 0 bridgehead atoms. The van der Waals surface area contributed by atoms with Gasteiger partial charge in [-0.1, -0.05) is 32.9 Å². The molecule has 8 nitrogen and oxygen atoms in total. The number of rotatable bonds is 4. The van der Waals surface area contributed by atoms with E-state index in [1.54, 1.807) is 22.9 Å². The predicted molar refractivity (Wildman–Crippen MR) is 115 cm³/mol. The molecular formula is C22H25N5O3. The van der Waals surface area contributed by atoms with Gasteiger partial charge in [-0.25, -0.2) is 9.48 Å². The SMILES string of the molecule is CC(C)(C)c1cc(NC(=O)Nc2ccc3c(c2)OCO3)n(-c2cccc(CN)c2)n1. The van der Waals surface area contributed by atoms with Crippen molar-refractivity contribution in [2.45, 2.75) is 32.7 Å². The lowest BCUT2D eigenvalue weighted by Gasteiger charge is -2.14. The number of aromatic nitrogens is 2. The fourth-order valence-electron chi connectivity index (χ4n) is 3.10. The van der Waals surface area contributed by atoms with E-state index in [1.807, 2.05) is 30.3 Å². The van der Waals surface area contributed by atoms with Gasteiger partial charge in [0.25, 0.3) is 0 Å². The van der Waals surface area contributed by atoms with Crippen LogP contribution in [0.3, 0.4) is 0 Å². The number of carbonyl (C=O) groups excluding carboxylic acids is 1. The molecule has 0 saturated heterocycles. The number of ether oxygens (including phenoxy) is 2. The molecule has 0 atom stereocenters. The first-order valence-electron chi connectivity index (χ1n) is 9.71. The summed E-state index contributed by atoms with van der Waals surface area (Å²) in [6.45, 7) is 6.83. The lowest BCUT2D eigenvalue weighted by Crippen LogP contribution is -2.21. The van der Waals surface area contributed by atoms with Crippen LogP contribution in [0.4, 0.5) is 16.3 Å². The van der Waals surface area contributed by atoms with Crippen LogP contribution in [0.15, 0.2) is 48.5 Å². The molecular weight excluding hydrogens is 382 g/mol. The molecule has 0 spiro atoms. The largest absolute Gasteiger partial charge is 0.454 e. The van der Waals surface area contributed by atoms with Gasteiger partial charge in [-0.3, -0.25) is 5.32 Å². The zero-order valence-electron chi connectivity index (χ0n) is 17.2. The topological polar surface area (TPSA) is 103 Å². The lowest BCUT2D eigenvalue weighted by atomic mass is 9.92. The van der Waals surface area contributed by atoms with Crippen molar-refractivity contribution in [3.63, 3.8) is 0 Å². The van der Waals surface area contributed by atoms with E-state index in [0.29, 0.717) is 29.5 Å². The summed E-state index contributed by atoms with van der Waals surface area (Å²) in [5.74, 6) is 1.83. The van der Waals surface area contributed by atoms with Gasteiger partial charge in [0.05, 0.1) is 11.4 Å². The normalized spacial score (nSPS) is 12.7. The number of amides is 2. The number of urea groups is 1. The number of fused-ring (bicyclic) bond motifs is 1. The van der Waals surface area contributed by atoms with E-state index >= 15 is 0 Å². The first kappa shape index (κ1) is 19.8. The average molecular weight is 407 g/mol. The van der Waals surface area contributed by atoms with Crippen molar-refractivity contribution in [2.24, 2.45) is 5.73 Å². The van der Waals surface area contributed by atoms with Crippen LogP contribution in [0.25, 0.3) is 5.69 Å². The van der Waals surface area contributed by atoms with Crippen molar-refractivity contribution >= 4 is 17.5 Å². The standard InChI is InChI=1S/C22H25N5O3/c1-22(2,3)19-11-20(27(26-19)16-6-4-5-14(9-16)12-23)25-21(28)24-15-7-8-17-18(10-15)30-13-29-17/h4-11H,12-13,23H2,1-3H3,(H2,24,25,28). The summed E-state index contributed by atoms with van der Waals surface area (Å²) in [5, 5.41) is 10.5. The molecule has 2 heterocycles. The molecule has 0 fully saturated rings. The van der Waals surface area contributed by atoms with Gasteiger partial charge in [-0.15, -0.1) is 0 Å². The maximum absolute atomic E-state index is 12.7. The average Bonchev–Trinajstić information content (AvgIpc) is 3.34. The second-order valence-corrected chi connectivity index (χ2v) is 8.10. The summed E-state index contributed by atoms with van der Waals surface area (Å²) in [7, 11) is 0. The Morgan fingerprint density at radius 3 is 2.67 bits per heavy atom. The van der Waals surface area contributed by atoms with E-state index in [9.17, 15) is 4.79 Å². The minimum Gasteiger partial charge on any atom is -0.454 e. The van der Waals surface area contributed by atoms with E-state index < -0.39 is 0 Å². The van der Waals surface area contributed by atoms with Gasteiger partial charge in [-0.2, -0.15) is 5.10 Å². The van der Waals surface area contributed by atoms with Gasteiger partial charge in [-0.05, 0) is 29.8 Å². The van der Waals surface area contributed by atoms with E-state index in [4.69, 9.17) is 20.3 Å². The molecule has 2 amide bonds. The fraction of sp³-hybridized carbons (Fsp3) is 0.273. The monoisotopic (exact) mass is 407 g/mol. The highest BCUT2D eigenvalue weighted by Crippen LogP contribution is 2.34. The molecule has 0 saturated carbocycles. The van der Waals surface area contributed by atoms with Gasteiger partial charge >= 0.3 is 6.03 Å². The number of benzene rings is 2. The Morgan fingerprint density at radius 2 is 1.90 bits per heavy atom. The maximum Gasteiger partial charge on any atom is 0.324 e. The number of carbonyl (C=O) groups is 1. The molecule has 0 aliphatic carbocycles. The quantitative estimate of drug-likeness (QED) is 0.606. The summed E-state index contributed by atoms with van der Waals surface area (Å²) < 4.78 is 12.4. The molecule has 1 aromatic heterocycles. The summed E-state index contributed by atoms with van der Waals surface area (Å²) in [4.78, 5) is 12.7. The van der Waals surface area contributed by atoms with Crippen molar-refractivity contribution in [1.29, 1.82) is 0 Å². The third-order valence-corrected chi connectivity index (χ3v) is 4.74. The number of nitrogens with one attached hydrogen (secondary N) is 2. The van der Waals surface area contributed by atoms with Gasteiger partial charge in [0.2, 0.25) is 6.79 Å². The van der Waals surface area contributed by atoms with Gasteiger partial charge in [0.1, 0.15) is 5.82 Å². The van der Waals surface area contributed by atoms with Crippen LogP contribution in [0.1, 0.15) is 32.0 Å². The van der Waals surface area contributed by atoms with Crippen LogP contribution in [0.2, 0.25) is 0 Å². The van der Waals surface area contributed by atoms with Gasteiger partial charge < -0.3 is 20.5 Å². The van der Waals surface area contributed by atoms with Crippen molar-refractivity contribution in [3.05, 3.63) is 59.8 Å². The molecule has 8 heteroatoms. The highest BCUT2D eigenvalue weighted by Gasteiger charge is 2.22. The number of hydrogen-bond acceptors (Lipinski definition) is 5. The van der Waals surface area contributed by atoms with Gasteiger partial charge in [0.15, 0.2) is 11.5 Å². The Hall–Kier alpha value is -3.52. The first-order valence-corrected chi connectivity index (χ1v) is 9.71.